The van der Waals surface area contributed by atoms with E-state index in [1.54, 1.807) is 24.1 Å². The zero-order valence-electron chi connectivity index (χ0n) is 8.01. The first-order valence-corrected chi connectivity index (χ1v) is 5.11. The van der Waals surface area contributed by atoms with Crippen LogP contribution in [-0.2, 0) is 7.05 Å². The normalized spacial score (nSPS) is 10.3. The van der Waals surface area contributed by atoms with E-state index in [9.17, 15) is 4.79 Å². The lowest BCUT2D eigenvalue weighted by Crippen LogP contribution is -1.90. The van der Waals surface area contributed by atoms with Crippen LogP contribution in [0.5, 0.6) is 0 Å². The first-order valence-electron chi connectivity index (χ1n) is 4.31. The standard InChI is InChI=1S/C10H8BrN3O/c1-14-5-7(6-15)10(13-14)9-3-2-8(11)4-12-9/h2-6H,1H3. The lowest BCUT2D eigenvalue weighted by Gasteiger charge is -1.96. The van der Waals surface area contributed by atoms with Crippen molar-refractivity contribution in [2.24, 2.45) is 7.05 Å². The van der Waals surface area contributed by atoms with Crippen molar-refractivity contribution in [3.63, 3.8) is 0 Å². The molecule has 0 fully saturated rings. The molecule has 0 aliphatic rings. The third-order valence-corrected chi connectivity index (χ3v) is 2.42. The topological polar surface area (TPSA) is 47.8 Å². The van der Waals surface area contributed by atoms with Gasteiger partial charge in [0.2, 0.25) is 0 Å². The number of pyridine rings is 1. The molecule has 0 amide bonds. The van der Waals surface area contributed by atoms with Crippen molar-refractivity contribution in [2.75, 3.05) is 0 Å². The van der Waals surface area contributed by atoms with E-state index >= 15 is 0 Å². The molecule has 76 valence electrons. The van der Waals surface area contributed by atoms with Crippen LogP contribution >= 0.6 is 15.9 Å². The highest BCUT2D eigenvalue weighted by Gasteiger charge is 2.09. The van der Waals surface area contributed by atoms with Crippen LogP contribution in [0.1, 0.15) is 10.4 Å². The molecular weight excluding hydrogens is 258 g/mol. The van der Waals surface area contributed by atoms with Crippen molar-refractivity contribution in [3.05, 3.63) is 34.6 Å². The lowest BCUT2D eigenvalue weighted by atomic mass is 10.2. The lowest BCUT2D eigenvalue weighted by molar-refractivity contribution is 0.112. The molecule has 0 N–H and O–H groups in total. The van der Waals surface area contributed by atoms with Crippen LogP contribution in [0, 0.1) is 0 Å². The molecule has 2 aromatic heterocycles. The molecule has 0 bridgehead atoms. The number of aromatic nitrogens is 3. The molecule has 0 saturated carbocycles. The summed E-state index contributed by atoms with van der Waals surface area (Å²) in [5.41, 5.74) is 1.85. The SMILES string of the molecule is Cn1cc(C=O)c(-c2ccc(Br)cn2)n1. The van der Waals surface area contributed by atoms with Gasteiger partial charge in [-0.1, -0.05) is 0 Å². The number of nitrogens with zero attached hydrogens (tertiary/aromatic N) is 3. The molecule has 0 aromatic carbocycles. The Morgan fingerprint density at radius 3 is 2.87 bits per heavy atom. The van der Waals surface area contributed by atoms with Gasteiger partial charge in [0.25, 0.3) is 0 Å². The van der Waals surface area contributed by atoms with Gasteiger partial charge in [0.15, 0.2) is 6.29 Å². The van der Waals surface area contributed by atoms with Gasteiger partial charge in [-0.25, -0.2) is 0 Å². The fourth-order valence-corrected chi connectivity index (χ4v) is 1.54. The maximum atomic E-state index is 10.8. The predicted octanol–water partition coefficient (Wildman–Crippen LogP) is 2.06. The number of hydrogen-bond donors (Lipinski definition) is 0. The molecule has 2 rings (SSSR count). The summed E-state index contributed by atoms with van der Waals surface area (Å²) in [4.78, 5) is 15.0. The van der Waals surface area contributed by atoms with Gasteiger partial charge >= 0.3 is 0 Å². The van der Waals surface area contributed by atoms with Gasteiger partial charge in [0.1, 0.15) is 5.69 Å². The summed E-state index contributed by atoms with van der Waals surface area (Å²) in [6.07, 6.45) is 4.14. The van der Waals surface area contributed by atoms with Crippen molar-refractivity contribution in [2.45, 2.75) is 0 Å². The maximum Gasteiger partial charge on any atom is 0.153 e. The minimum Gasteiger partial charge on any atom is -0.298 e. The van der Waals surface area contributed by atoms with Gasteiger partial charge in [-0.15, -0.1) is 0 Å². The third kappa shape index (κ3) is 1.97. The fourth-order valence-electron chi connectivity index (χ4n) is 1.31. The summed E-state index contributed by atoms with van der Waals surface area (Å²) in [5.74, 6) is 0. The molecule has 0 saturated heterocycles. The van der Waals surface area contributed by atoms with Crippen LogP contribution in [0.25, 0.3) is 11.4 Å². The highest BCUT2D eigenvalue weighted by Crippen LogP contribution is 2.19. The van der Waals surface area contributed by atoms with Crippen molar-refractivity contribution in [1.29, 1.82) is 0 Å². The first-order chi connectivity index (χ1) is 7.20. The zero-order valence-corrected chi connectivity index (χ0v) is 9.60. The summed E-state index contributed by atoms with van der Waals surface area (Å²) in [7, 11) is 1.77. The molecule has 0 radical (unpaired) electrons. The van der Waals surface area contributed by atoms with Gasteiger partial charge in [0, 0.05) is 23.9 Å². The van der Waals surface area contributed by atoms with Gasteiger partial charge in [0.05, 0.1) is 11.3 Å². The molecule has 0 unspecified atom stereocenters. The summed E-state index contributed by atoms with van der Waals surface area (Å²) < 4.78 is 2.50. The van der Waals surface area contributed by atoms with E-state index in [4.69, 9.17) is 0 Å². The zero-order chi connectivity index (χ0) is 10.8. The van der Waals surface area contributed by atoms with Gasteiger partial charge < -0.3 is 0 Å². The van der Waals surface area contributed by atoms with Gasteiger partial charge in [-0.3, -0.25) is 14.5 Å². The molecule has 5 heteroatoms. The average Bonchev–Trinajstić information content (AvgIpc) is 2.61. The molecule has 0 spiro atoms. The Morgan fingerprint density at radius 2 is 2.27 bits per heavy atom. The number of aldehydes is 1. The average molecular weight is 266 g/mol. The number of rotatable bonds is 2. The molecule has 2 heterocycles. The Kier molecular flexibility index (Phi) is 2.64. The van der Waals surface area contributed by atoms with E-state index in [2.05, 4.69) is 26.0 Å². The molecule has 4 nitrogen and oxygen atoms in total. The minimum absolute atomic E-state index is 0.548. The Balaban J connectivity index is 2.52. The molecule has 0 aliphatic heterocycles. The molecule has 0 aliphatic carbocycles. The van der Waals surface area contributed by atoms with Crippen LogP contribution in [0.3, 0.4) is 0 Å². The van der Waals surface area contributed by atoms with E-state index in [-0.39, 0.29) is 0 Å². The second kappa shape index (κ2) is 3.94. The Bertz CT molecular complexity index is 490. The van der Waals surface area contributed by atoms with E-state index < -0.39 is 0 Å². The minimum atomic E-state index is 0.548. The number of aryl methyl sites for hydroxylation is 1. The van der Waals surface area contributed by atoms with Crippen LogP contribution in [-0.4, -0.2) is 21.1 Å². The molecule has 0 atom stereocenters. The Labute approximate surface area is 95.1 Å². The summed E-state index contributed by atoms with van der Waals surface area (Å²) in [5, 5.41) is 4.19. The van der Waals surface area contributed by atoms with Crippen molar-refractivity contribution < 1.29 is 4.79 Å². The predicted molar refractivity (Wildman–Crippen MR) is 59.5 cm³/mol. The fraction of sp³-hybridized carbons (Fsp3) is 0.100. The van der Waals surface area contributed by atoms with E-state index in [0.717, 1.165) is 10.8 Å². The van der Waals surface area contributed by atoms with E-state index in [1.165, 1.54) is 0 Å². The third-order valence-electron chi connectivity index (χ3n) is 1.95. The van der Waals surface area contributed by atoms with E-state index in [1.807, 2.05) is 12.1 Å². The number of carbonyl (C=O) groups is 1. The highest BCUT2D eigenvalue weighted by atomic mass is 79.9. The van der Waals surface area contributed by atoms with Crippen LogP contribution in [0.15, 0.2) is 29.0 Å². The largest absolute Gasteiger partial charge is 0.298 e. The van der Waals surface area contributed by atoms with Crippen LogP contribution in [0.2, 0.25) is 0 Å². The Hall–Kier alpha value is -1.49. The number of halogens is 1. The quantitative estimate of drug-likeness (QED) is 0.781. The molecular formula is C10H8BrN3O. The smallest absolute Gasteiger partial charge is 0.153 e. The number of hydrogen-bond acceptors (Lipinski definition) is 3. The Morgan fingerprint density at radius 1 is 1.47 bits per heavy atom. The van der Waals surface area contributed by atoms with Crippen LogP contribution < -0.4 is 0 Å². The maximum absolute atomic E-state index is 10.8. The van der Waals surface area contributed by atoms with Crippen molar-refractivity contribution >= 4 is 22.2 Å². The first kappa shape index (κ1) is 10.0. The molecule has 2 aromatic rings. The van der Waals surface area contributed by atoms with Crippen molar-refractivity contribution in [1.82, 2.24) is 14.8 Å². The summed E-state index contributed by atoms with van der Waals surface area (Å²) in [6, 6.07) is 3.69. The van der Waals surface area contributed by atoms with Gasteiger partial charge in [-0.2, -0.15) is 5.10 Å². The van der Waals surface area contributed by atoms with Crippen molar-refractivity contribution in [3.8, 4) is 11.4 Å². The summed E-state index contributed by atoms with van der Waals surface area (Å²) in [6.45, 7) is 0. The number of carbonyl (C=O) groups excluding carboxylic acids is 1. The van der Waals surface area contributed by atoms with E-state index in [0.29, 0.717) is 17.0 Å². The molecule has 15 heavy (non-hydrogen) atoms. The highest BCUT2D eigenvalue weighted by molar-refractivity contribution is 9.10. The summed E-state index contributed by atoms with van der Waals surface area (Å²) >= 11 is 3.30. The van der Waals surface area contributed by atoms with Crippen LogP contribution in [0.4, 0.5) is 0 Å². The monoisotopic (exact) mass is 265 g/mol. The van der Waals surface area contributed by atoms with Gasteiger partial charge in [-0.05, 0) is 28.1 Å². The second-order valence-corrected chi connectivity index (χ2v) is 4.00. The second-order valence-electron chi connectivity index (χ2n) is 3.09.